The van der Waals surface area contributed by atoms with E-state index in [2.05, 4.69) is 0 Å². The lowest BCUT2D eigenvalue weighted by molar-refractivity contribution is -0.137. The van der Waals surface area contributed by atoms with E-state index >= 15 is 0 Å². The van der Waals surface area contributed by atoms with E-state index in [0.29, 0.717) is 5.57 Å². The summed E-state index contributed by atoms with van der Waals surface area (Å²) in [5, 5.41) is 19.4. The maximum absolute atomic E-state index is 11.5. The van der Waals surface area contributed by atoms with Crippen LogP contribution in [-0.2, 0) is 9.53 Å². The molecule has 2 aliphatic rings. The Hall–Kier alpha value is -0.870. The number of fused-ring (bicyclic) bond motifs is 1. The van der Waals surface area contributed by atoms with Gasteiger partial charge >= 0.3 is 5.97 Å². The van der Waals surface area contributed by atoms with Gasteiger partial charge in [-0.1, -0.05) is 5.57 Å². The van der Waals surface area contributed by atoms with Crippen molar-refractivity contribution in [2.24, 2.45) is 5.92 Å². The van der Waals surface area contributed by atoms with E-state index in [0.717, 1.165) is 24.8 Å². The first kappa shape index (κ1) is 10.6. The van der Waals surface area contributed by atoms with Gasteiger partial charge in [-0.2, -0.15) is 0 Å². The van der Waals surface area contributed by atoms with Crippen LogP contribution in [0.5, 0.6) is 0 Å². The lowest BCUT2D eigenvalue weighted by Crippen LogP contribution is -2.38. The Bertz CT molecular complexity index is 308. The van der Waals surface area contributed by atoms with Crippen molar-refractivity contribution < 1.29 is 19.7 Å². The van der Waals surface area contributed by atoms with Gasteiger partial charge in [0, 0.05) is 17.9 Å². The molecule has 0 heterocycles. The molecule has 0 amide bonds. The zero-order valence-electron chi connectivity index (χ0n) is 8.77. The number of carbonyl (C=O) groups excluding carboxylic acids is 1. The van der Waals surface area contributed by atoms with Gasteiger partial charge in [0.15, 0.2) is 0 Å². The summed E-state index contributed by atoms with van der Waals surface area (Å²) in [6.45, 7) is 0. The summed E-state index contributed by atoms with van der Waals surface area (Å²) in [7, 11) is 1.34. The van der Waals surface area contributed by atoms with Gasteiger partial charge in [0.25, 0.3) is 0 Å². The maximum Gasteiger partial charge on any atom is 0.333 e. The van der Waals surface area contributed by atoms with Crippen molar-refractivity contribution in [1.82, 2.24) is 0 Å². The highest BCUT2D eigenvalue weighted by Gasteiger charge is 2.40. The fraction of sp³-hybridized carbons (Fsp3) is 0.727. The van der Waals surface area contributed by atoms with Crippen LogP contribution < -0.4 is 0 Å². The molecule has 2 rings (SSSR count). The Kier molecular flexibility index (Phi) is 2.80. The highest BCUT2D eigenvalue weighted by molar-refractivity contribution is 5.89. The fourth-order valence-corrected chi connectivity index (χ4v) is 2.69. The number of esters is 1. The van der Waals surface area contributed by atoms with Gasteiger partial charge in [0.2, 0.25) is 0 Å². The van der Waals surface area contributed by atoms with E-state index in [1.54, 1.807) is 0 Å². The van der Waals surface area contributed by atoms with Crippen molar-refractivity contribution in [3.63, 3.8) is 0 Å². The molecule has 0 spiro atoms. The number of hydrogen-bond acceptors (Lipinski definition) is 4. The monoisotopic (exact) mass is 212 g/mol. The molecule has 84 valence electrons. The summed E-state index contributed by atoms with van der Waals surface area (Å²) in [5.41, 5.74) is 1.58. The summed E-state index contributed by atoms with van der Waals surface area (Å²) in [5.74, 6) is -0.398. The van der Waals surface area contributed by atoms with Crippen molar-refractivity contribution in [3.05, 3.63) is 11.1 Å². The number of aliphatic hydroxyl groups excluding tert-OH is 2. The van der Waals surface area contributed by atoms with E-state index in [-0.39, 0.29) is 18.3 Å². The molecule has 0 aromatic heterocycles. The summed E-state index contributed by atoms with van der Waals surface area (Å²) in [6.07, 6.45) is 1.36. The first-order valence-electron chi connectivity index (χ1n) is 5.31. The molecule has 0 aromatic rings. The van der Waals surface area contributed by atoms with Crippen molar-refractivity contribution in [3.8, 4) is 0 Å². The van der Waals surface area contributed by atoms with Crippen LogP contribution >= 0.6 is 0 Å². The van der Waals surface area contributed by atoms with Crippen molar-refractivity contribution >= 4 is 5.97 Å². The summed E-state index contributed by atoms with van der Waals surface area (Å²) in [4.78, 5) is 11.5. The Balaban J connectivity index is 2.34. The van der Waals surface area contributed by atoms with Crippen LogP contribution in [0.2, 0.25) is 0 Å². The number of carbonyl (C=O) groups is 1. The molecule has 1 saturated carbocycles. The van der Waals surface area contributed by atoms with Crippen LogP contribution in [0.4, 0.5) is 0 Å². The minimum Gasteiger partial charge on any atom is -0.466 e. The van der Waals surface area contributed by atoms with Gasteiger partial charge in [0.05, 0.1) is 19.3 Å². The minimum absolute atomic E-state index is 0.0390. The second kappa shape index (κ2) is 3.94. The third kappa shape index (κ3) is 1.68. The maximum atomic E-state index is 11.5. The zero-order valence-corrected chi connectivity index (χ0v) is 8.77. The average Bonchev–Trinajstić information content (AvgIpc) is 2.71. The van der Waals surface area contributed by atoms with E-state index in [9.17, 15) is 15.0 Å². The van der Waals surface area contributed by atoms with Gasteiger partial charge < -0.3 is 14.9 Å². The lowest BCUT2D eigenvalue weighted by Gasteiger charge is -2.31. The Labute approximate surface area is 88.6 Å². The SMILES string of the molecule is COC(=O)C1=C2CCC[C@@H]2[C@@H](O)[C@@H](O)C1. The highest BCUT2D eigenvalue weighted by Crippen LogP contribution is 2.42. The molecule has 0 bridgehead atoms. The smallest absolute Gasteiger partial charge is 0.333 e. The molecule has 15 heavy (non-hydrogen) atoms. The molecule has 0 radical (unpaired) electrons. The zero-order chi connectivity index (χ0) is 11.0. The van der Waals surface area contributed by atoms with Crippen molar-refractivity contribution in [2.75, 3.05) is 7.11 Å². The molecular weight excluding hydrogens is 196 g/mol. The second-order valence-electron chi connectivity index (χ2n) is 4.26. The third-order valence-corrected chi connectivity index (χ3v) is 3.45. The van der Waals surface area contributed by atoms with Gasteiger partial charge in [-0.3, -0.25) is 0 Å². The van der Waals surface area contributed by atoms with E-state index in [1.165, 1.54) is 7.11 Å². The molecule has 3 atom stereocenters. The number of methoxy groups -OCH3 is 1. The van der Waals surface area contributed by atoms with E-state index in [1.807, 2.05) is 0 Å². The predicted molar refractivity (Wildman–Crippen MR) is 53.0 cm³/mol. The second-order valence-corrected chi connectivity index (χ2v) is 4.26. The minimum atomic E-state index is -0.828. The normalized spacial score (nSPS) is 35.3. The van der Waals surface area contributed by atoms with Gasteiger partial charge in [-0.25, -0.2) is 4.79 Å². The number of aliphatic hydroxyl groups is 2. The largest absolute Gasteiger partial charge is 0.466 e. The number of hydrogen-bond donors (Lipinski definition) is 2. The van der Waals surface area contributed by atoms with Crippen LogP contribution in [0.1, 0.15) is 25.7 Å². The van der Waals surface area contributed by atoms with Crippen molar-refractivity contribution in [2.45, 2.75) is 37.9 Å². The number of rotatable bonds is 1. The lowest BCUT2D eigenvalue weighted by atomic mass is 9.81. The van der Waals surface area contributed by atoms with Crippen molar-refractivity contribution in [1.29, 1.82) is 0 Å². The topological polar surface area (TPSA) is 66.8 Å². The molecule has 4 nitrogen and oxygen atoms in total. The van der Waals surface area contributed by atoms with E-state index in [4.69, 9.17) is 4.74 Å². The van der Waals surface area contributed by atoms with E-state index < -0.39 is 12.2 Å². The Morgan fingerprint density at radius 2 is 2.20 bits per heavy atom. The molecule has 0 unspecified atom stereocenters. The van der Waals surface area contributed by atoms with Crippen LogP contribution in [0.3, 0.4) is 0 Å². The highest BCUT2D eigenvalue weighted by atomic mass is 16.5. The first-order valence-corrected chi connectivity index (χ1v) is 5.31. The Morgan fingerprint density at radius 1 is 1.47 bits per heavy atom. The van der Waals surface area contributed by atoms with Crippen LogP contribution in [0.15, 0.2) is 11.1 Å². The third-order valence-electron chi connectivity index (χ3n) is 3.45. The average molecular weight is 212 g/mol. The summed E-state index contributed by atoms with van der Waals surface area (Å²) >= 11 is 0. The Morgan fingerprint density at radius 3 is 2.87 bits per heavy atom. The molecular formula is C11H16O4. The molecule has 4 heteroatoms. The molecule has 0 saturated heterocycles. The summed E-state index contributed by atoms with van der Waals surface area (Å²) in [6, 6.07) is 0. The number of ether oxygens (including phenoxy) is 1. The van der Waals surface area contributed by atoms with Gasteiger partial charge in [-0.15, -0.1) is 0 Å². The standard InChI is InChI=1S/C11H16O4/c1-15-11(14)8-5-9(12)10(13)7-4-2-3-6(7)8/h7,9-10,12-13H,2-5H2,1H3/t7-,9-,10+/m0/s1. The summed E-state index contributed by atoms with van der Waals surface area (Å²) < 4.78 is 4.69. The van der Waals surface area contributed by atoms with Crippen LogP contribution in [0, 0.1) is 5.92 Å². The molecule has 0 aliphatic heterocycles. The van der Waals surface area contributed by atoms with Gasteiger partial charge in [-0.05, 0) is 19.3 Å². The van der Waals surface area contributed by atoms with Gasteiger partial charge in [0.1, 0.15) is 0 Å². The molecule has 0 aromatic carbocycles. The molecule has 1 fully saturated rings. The first-order chi connectivity index (χ1) is 7.15. The molecule has 2 aliphatic carbocycles. The molecule has 2 N–H and O–H groups in total. The van der Waals surface area contributed by atoms with Crippen LogP contribution in [0.25, 0.3) is 0 Å². The fourth-order valence-electron chi connectivity index (χ4n) is 2.69. The van der Waals surface area contributed by atoms with Crippen LogP contribution in [-0.4, -0.2) is 35.5 Å². The predicted octanol–water partition coefficient (Wildman–Crippen LogP) is 0.382. The quantitative estimate of drug-likeness (QED) is 0.617.